The molecule has 94 valence electrons. The zero-order chi connectivity index (χ0) is 13.1. The van der Waals surface area contributed by atoms with Crippen molar-refractivity contribution in [3.63, 3.8) is 0 Å². The first kappa shape index (κ1) is 13.4. The number of nitrogens with one attached hydrogen (secondary N) is 1. The summed E-state index contributed by atoms with van der Waals surface area (Å²) in [6, 6.07) is 5.09. The van der Waals surface area contributed by atoms with Gasteiger partial charge in [-0.3, -0.25) is 4.79 Å². The predicted octanol–water partition coefficient (Wildman–Crippen LogP) is 2.36. The van der Waals surface area contributed by atoms with Gasteiger partial charge in [-0.2, -0.15) is 0 Å². The molecule has 0 bridgehead atoms. The molecule has 0 aliphatic rings. The topological polar surface area (TPSA) is 81.1 Å². The summed E-state index contributed by atoms with van der Waals surface area (Å²) in [5.74, 6) is -0.462. The molecule has 0 saturated heterocycles. The normalized spacial score (nSPS) is 11.2. The molecule has 0 aliphatic carbocycles. The first-order valence-electron chi connectivity index (χ1n) is 5.83. The second-order valence-corrected chi connectivity index (χ2v) is 4.93. The van der Waals surface area contributed by atoms with Crippen molar-refractivity contribution in [3.05, 3.63) is 23.8 Å². The van der Waals surface area contributed by atoms with Gasteiger partial charge in [0, 0.05) is 11.1 Å². The number of primary amides is 1. The van der Waals surface area contributed by atoms with E-state index in [1.54, 1.807) is 18.2 Å². The Bertz CT molecular complexity index is 413. The largest absolute Gasteiger partial charge is 0.397 e. The Kier molecular flexibility index (Phi) is 3.99. The number of carbonyl (C=O) groups is 1. The number of amides is 1. The zero-order valence-corrected chi connectivity index (χ0v) is 10.7. The van der Waals surface area contributed by atoms with Crippen LogP contribution in [-0.2, 0) is 0 Å². The average molecular weight is 235 g/mol. The van der Waals surface area contributed by atoms with Gasteiger partial charge in [0.2, 0.25) is 5.91 Å². The number of rotatable bonds is 5. The van der Waals surface area contributed by atoms with E-state index in [9.17, 15) is 4.79 Å². The maximum atomic E-state index is 11.0. The molecular weight excluding hydrogens is 214 g/mol. The molecule has 1 rings (SSSR count). The van der Waals surface area contributed by atoms with Gasteiger partial charge in [-0.25, -0.2) is 0 Å². The van der Waals surface area contributed by atoms with Crippen molar-refractivity contribution in [1.82, 2.24) is 0 Å². The summed E-state index contributed by atoms with van der Waals surface area (Å²) in [4.78, 5) is 11.0. The van der Waals surface area contributed by atoms with Crippen LogP contribution in [0.25, 0.3) is 0 Å². The molecule has 0 radical (unpaired) electrons. The van der Waals surface area contributed by atoms with Gasteiger partial charge < -0.3 is 16.8 Å². The predicted molar refractivity (Wildman–Crippen MR) is 72.0 cm³/mol. The molecule has 0 spiro atoms. The Morgan fingerprint density at radius 2 is 2.06 bits per heavy atom. The van der Waals surface area contributed by atoms with E-state index in [4.69, 9.17) is 11.5 Å². The van der Waals surface area contributed by atoms with E-state index in [1.807, 2.05) is 0 Å². The highest BCUT2D eigenvalue weighted by molar-refractivity contribution is 5.94. The molecular formula is C13H21N3O. The molecule has 0 heterocycles. The molecule has 4 heteroatoms. The zero-order valence-electron chi connectivity index (χ0n) is 10.7. The fraction of sp³-hybridized carbons (Fsp3) is 0.462. The highest BCUT2D eigenvalue weighted by Crippen LogP contribution is 2.25. The first-order chi connectivity index (χ1) is 7.85. The Morgan fingerprint density at radius 3 is 2.53 bits per heavy atom. The van der Waals surface area contributed by atoms with E-state index in [2.05, 4.69) is 26.1 Å². The van der Waals surface area contributed by atoms with Crippen molar-refractivity contribution < 1.29 is 4.79 Å². The van der Waals surface area contributed by atoms with Crippen LogP contribution < -0.4 is 16.8 Å². The van der Waals surface area contributed by atoms with Crippen molar-refractivity contribution in [1.29, 1.82) is 0 Å². The monoisotopic (exact) mass is 235 g/mol. The van der Waals surface area contributed by atoms with Crippen molar-refractivity contribution in [2.75, 3.05) is 11.1 Å². The standard InChI is InChI=1S/C13H21N3O/c1-4-7-13(2,3)16-11-6-5-9(12(15)17)8-10(11)14/h5-6,8,16H,4,7,14H2,1-3H3,(H2,15,17). The molecule has 0 unspecified atom stereocenters. The van der Waals surface area contributed by atoms with Crippen molar-refractivity contribution in [2.24, 2.45) is 5.73 Å². The number of carbonyl (C=O) groups excluding carboxylic acids is 1. The number of nitrogens with two attached hydrogens (primary N) is 2. The molecule has 0 saturated carbocycles. The molecule has 0 atom stereocenters. The third-order valence-electron chi connectivity index (χ3n) is 2.68. The summed E-state index contributed by atoms with van der Waals surface area (Å²) in [6.07, 6.45) is 2.14. The fourth-order valence-corrected chi connectivity index (χ4v) is 1.88. The number of hydrogen-bond acceptors (Lipinski definition) is 3. The van der Waals surface area contributed by atoms with E-state index >= 15 is 0 Å². The molecule has 1 aromatic rings. The van der Waals surface area contributed by atoms with Crippen LogP contribution in [0, 0.1) is 0 Å². The number of nitrogen functional groups attached to an aromatic ring is 1. The summed E-state index contributed by atoms with van der Waals surface area (Å²) < 4.78 is 0. The van der Waals surface area contributed by atoms with E-state index in [-0.39, 0.29) is 5.54 Å². The van der Waals surface area contributed by atoms with Crippen LogP contribution >= 0.6 is 0 Å². The van der Waals surface area contributed by atoms with Gasteiger partial charge in [0.1, 0.15) is 0 Å². The van der Waals surface area contributed by atoms with Gasteiger partial charge in [0.25, 0.3) is 0 Å². The summed E-state index contributed by atoms with van der Waals surface area (Å²) in [6.45, 7) is 6.39. The third kappa shape index (κ3) is 3.66. The quantitative estimate of drug-likeness (QED) is 0.685. The molecule has 1 aromatic carbocycles. The first-order valence-corrected chi connectivity index (χ1v) is 5.83. The number of hydrogen-bond donors (Lipinski definition) is 3. The van der Waals surface area contributed by atoms with Gasteiger partial charge in [-0.1, -0.05) is 13.3 Å². The lowest BCUT2D eigenvalue weighted by Crippen LogP contribution is -2.30. The average Bonchev–Trinajstić information content (AvgIpc) is 2.20. The Morgan fingerprint density at radius 1 is 1.41 bits per heavy atom. The van der Waals surface area contributed by atoms with Gasteiger partial charge in [-0.05, 0) is 38.5 Å². The third-order valence-corrected chi connectivity index (χ3v) is 2.68. The Balaban J connectivity index is 2.90. The lowest BCUT2D eigenvalue weighted by atomic mass is 9.98. The van der Waals surface area contributed by atoms with Crippen LogP contribution in [0.5, 0.6) is 0 Å². The van der Waals surface area contributed by atoms with E-state index in [1.165, 1.54) is 0 Å². The minimum absolute atomic E-state index is 0.0168. The summed E-state index contributed by atoms with van der Waals surface area (Å²) in [5.41, 5.74) is 12.9. The van der Waals surface area contributed by atoms with E-state index in [0.29, 0.717) is 11.3 Å². The Labute approximate surface area is 102 Å². The van der Waals surface area contributed by atoms with E-state index in [0.717, 1.165) is 18.5 Å². The van der Waals surface area contributed by atoms with Gasteiger partial charge >= 0.3 is 0 Å². The lowest BCUT2D eigenvalue weighted by Gasteiger charge is -2.28. The van der Waals surface area contributed by atoms with Crippen molar-refractivity contribution in [3.8, 4) is 0 Å². The summed E-state index contributed by atoms with van der Waals surface area (Å²) >= 11 is 0. The van der Waals surface area contributed by atoms with Crippen LogP contribution in [0.1, 0.15) is 44.0 Å². The molecule has 17 heavy (non-hydrogen) atoms. The molecule has 4 nitrogen and oxygen atoms in total. The Hall–Kier alpha value is -1.71. The second-order valence-electron chi connectivity index (χ2n) is 4.93. The second kappa shape index (κ2) is 5.08. The smallest absolute Gasteiger partial charge is 0.248 e. The summed E-state index contributed by atoms with van der Waals surface area (Å²) in [7, 11) is 0. The van der Waals surface area contributed by atoms with Crippen LogP contribution in [-0.4, -0.2) is 11.4 Å². The van der Waals surface area contributed by atoms with Crippen molar-refractivity contribution in [2.45, 2.75) is 39.2 Å². The number of anilines is 2. The van der Waals surface area contributed by atoms with Crippen LogP contribution in [0.2, 0.25) is 0 Å². The molecule has 1 amide bonds. The maximum Gasteiger partial charge on any atom is 0.248 e. The molecule has 5 N–H and O–H groups in total. The minimum atomic E-state index is -0.462. The fourth-order valence-electron chi connectivity index (χ4n) is 1.88. The summed E-state index contributed by atoms with van der Waals surface area (Å²) in [5, 5.41) is 3.38. The van der Waals surface area contributed by atoms with Crippen LogP contribution in [0.3, 0.4) is 0 Å². The van der Waals surface area contributed by atoms with Crippen LogP contribution in [0.4, 0.5) is 11.4 Å². The highest BCUT2D eigenvalue weighted by Gasteiger charge is 2.17. The van der Waals surface area contributed by atoms with Gasteiger partial charge in [0.05, 0.1) is 11.4 Å². The highest BCUT2D eigenvalue weighted by atomic mass is 16.1. The number of benzene rings is 1. The SMILES string of the molecule is CCCC(C)(C)Nc1ccc(C(N)=O)cc1N. The minimum Gasteiger partial charge on any atom is -0.397 e. The molecule has 0 aromatic heterocycles. The van der Waals surface area contributed by atoms with Gasteiger partial charge in [0.15, 0.2) is 0 Å². The van der Waals surface area contributed by atoms with Crippen molar-refractivity contribution >= 4 is 17.3 Å². The van der Waals surface area contributed by atoms with Gasteiger partial charge in [-0.15, -0.1) is 0 Å². The molecule has 0 aliphatic heterocycles. The molecule has 0 fully saturated rings. The van der Waals surface area contributed by atoms with Crippen LogP contribution in [0.15, 0.2) is 18.2 Å². The lowest BCUT2D eigenvalue weighted by molar-refractivity contribution is 0.100. The van der Waals surface area contributed by atoms with E-state index < -0.39 is 5.91 Å². The maximum absolute atomic E-state index is 11.0.